The monoisotopic (exact) mass is 306 g/mol. The van der Waals surface area contributed by atoms with Crippen molar-refractivity contribution >= 4 is 11.8 Å². The molecule has 0 radical (unpaired) electrons. The van der Waals surface area contributed by atoms with Gasteiger partial charge in [-0.25, -0.2) is 0 Å². The number of aliphatic hydroxyl groups is 1. The van der Waals surface area contributed by atoms with Crippen LogP contribution >= 0.6 is 0 Å². The summed E-state index contributed by atoms with van der Waals surface area (Å²) in [5.41, 5.74) is -0.222. The minimum atomic E-state index is -1.08. The normalized spacial score (nSPS) is 42.8. The number of carbonyl (C=O) groups is 2. The van der Waals surface area contributed by atoms with Gasteiger partial charge in [0.05, 0.1) is 6.10 Å². The van der Waals surface area contributed by atoms with Crippen molar-refractivity contribution in [3.05, 3.63) is 23.8 Å². The third kappa shape index (κ3) is 1.85. The van der Waals surface area contributed by atoms with Crippen LogP contribution in [0.4, 0.5) is 0 Å². The lowest BCUT2D eigenvalue weighted by molar-refractivity contribution is -0.140. The molecule has 2 aliphatic carbocycles. The highest BCUT2D eigenvalue weighted by Crippen LogP contribution is 2.63. The molecule has 22 heavy (non-hydrogen) atoms. The van der Waals surface area contributed by atoms with E-state index in [9.17, 15) is 14.7 Å². The van der Waals surface area contributed by atoms with E-state index in [0.29, 0.717) is 17.9 Å². The first kappa shape index (κ1) is 15.4. The first-order valence-corrected chi connectivity index (χ1v) is 7.68. The number of hydrogen-bond acceptors (Lipinski definition) is 5. The molecule has 5 nitrogen and oxygen atoms in total. The van der Waals surface area contributed by atoms with E-state index in [1.54, 1.807) is 0 Å². The van der Waals surface area contributed by atoms with Gasteiger partial charge in [0.2, 0.25) is 0 Å². The highest BCUT2D eigenvalue weighted by atomic mass is 16.6. The Morgan fingerprint density at radius 3 is 2.86 bits per heavy atom. The molecule has 1 saturated heterocycles. The maximum absolute atomic E-state index is 12.6. The average Bonchev–Trinajstić information content (AvgIpc) is 3.22. The highest BCUT2D eigenvalue weighted by Gasteiger charge is 2.74. The van der Waals surface area contributed by atoms with E-state index in [1.165, 1.54) is 13.0 Å². The molecular weight excluding hydrogens is 284 g/mol. The molecule has 120 valence electrons. The minimum absolute atomic E-state index is 0.0201. The van der Waals surface area contributed by atoms with Crippen LogP contribution in [0.5, 0.6) is 0 Å². The first-order chi connectivity index (χ1) is 10.2. The fourth-order valence-corrected chi connectivity index (χ4v) is 4.04. The first-order valence-electron chi connectivity index (χ1n) is 7.68. The maximum atomic E-state index is 12.6. The van der Waals surface area contributed by atoms with Gasteiger partial charge in [-0.05, 0) is 30.4 Å². The summed E-state index contributed by atoms with van der Waals surface area (Å²) in [5, 5.41) is 10.3. The van der Waals surface area contributed by atoms with E-state index in [2.05, 4.69) is 13.5 Å². The van der Waals surface area contributed by atoms with Crippen molar-refractivity contribution in [2.45, 2.75) is 51.4 Å². The van der Waals surface area contributed by atoms with Gasteiger partial charge in [-0.3, -0.25) is 9.59 Å². The van der Waals surface area contributed by atoms with Crippen molar-refractivity contribution in [1.82, 2.24) is 0 Å². The second-order valence-corrected chi connectivity index (χ2v) is 6.86. The van der Waals surface area contributed by atoms with Crippen molar-refractivity contribution in [3.8, 4) is 0 Å². The van der Waals surface area contributed by atoms with Gasteiger partial charge < -0.3 is 14.6 Å². The zero-order chi connectivity index (χ0) is 16.3. The molecule has 0 aromatic carbocycles. The van der Waals surface area contributed by atoms with Crippen LogP contribution < -0.4 is 0 Å². The number of ether oxygens (including phenoxy) is 2. The molecule has 5 atom stereocenters. The lowest BCUT2D eigenvalue weighted by Crippen LogP contribution is -2.50. The fraction of sp³-hybridized carbons (Fsp3) is 0.647. The molecule has 0 spiro atoms. The lowest BCUT2D eigenvalue weighted by atomic mass is 9.57. The molecule has 3 aliphatic rings. The minimum Gasteiger partial charge on any atom is -0.461 e. The van der Waals surface area contributed by atoms with E-state index in [0.717, 1.165) is 12.0 Å². The van der Waals surface area contributed by atoms with Crippen molar-refractivity contribution < 1.29 is 24.2 Å². The summed E-state index contributed by atoms with van der Waals surface area (Å²) in [6, 6.07) is 0. The quantitative estimate of drug-likeness (QED) is 0.486. The molecule has 0 aromatic rings. The molecule has 1 aliphatic heterocycles. The van der Waals surface area contributed by atoms with Crippen LogP contribution in [0, 0.1) is 11.3 Å². The van der Waals surface area contributed by atoms with Crippen molar-refractivity contribution in [3.63, 3.8) is 0 Å². The Kier molecular flexibility index (Phi) is 3.34. The number of epoxide rings is 1. The number of ketones is 1. The van der Waals surface area contributed by atoms with E-state index in [-0.39, 0.29) is 23.9 Å². The van der Waals surface area contributed by atoms with E-state index in [4.69, 9.17) is 9.47 Å². The molecule has 0 unspecified atom stereocenters. The molecule has 0 amide bonds. The third-order valence-electron chi connectivity index (χ3n) is 5.67. The molecule has 3 rings (SSSR count). The molecule has 1 heterocycles. The Labute approximate surface area is 130 Å². The molecule has 5 heteroatoms. The third-order valence-corrected chi connectivity index (χ3v) is 5.67. The Hall–Kier alpha value is -1.46. The van der Waals surface area contributed by atoms with Gasteiger partial charge >= 0.3 is 5.97 Å². The van der Waals surface area contributed by atoms with Gasteiger partial charge in [-0.15, -0.1) is 0 Å². The summed E-state index contributed by atoms with van der Waals surface area (Å²) in [7, 11) is 0. The van der Waals surface area contributed by atoms with E-state index in [1.807, 2.05) is 6.92 Å². The Bertz CT molecular complexity index is 592. The van der Waals surface area contributed by atoms with Crippen molar-refractivity contribution in [2.24, 2.45) is 11.3 Å². The predicted molar refractivity (Wildman–Crippen MR) is 79.0 cm³/mol. The van der Waals surface area contributed by atoms with Crippen LogP contribution in [-0.4, -0.2) is 41.3 Å². The fourth-order valence-electron chi connectivity index (χ4n) is 4.04. The van der Waals surface area contributed by atoms with Gasteiger partial charge in [0.15, 0.2) is 11.4 Å². The van der Waals surface area contributed by atoms with Gasteiger partial charge in [0.25, 0.3) is 0 Å². The Balaban J connectivity index is 1.94. The zero-order valence-electron chi connectivity index (χ0n) is 13.2. The Morgan fingerprint density at radius 1 is 1.55 bits per heavy atom. The van der Waals surface area contributed by atoms with Crippen molar-refractivity contribution in [2.75, 3.05) is 6.61 Å². The highest BCUT2D eigenvalue weighted by molar-refractivity contribution is 6.05. The topological polar surface area (TPSA) is 76.1 Å². The number of rotatable bonds is 3. The molecule has 0 bridgehead atoms. The summed E-state index contributed by atoms with van der Waals surface area (Å²) in [6.45, 7) is 9.38. The van der Waals surface area contributed by atoms with Crippen LogP contribution in [-0.2, 0) is 19.1 Å². The van der Waals surface area contributed by atoms with E-state index >= 15 is 0 Å². The van der Waals surface area contributed by atoms with Crippen LogP contribution in [0.25, 0.3) is 0 Å². The van der Waals surface area contributed by atoms with Gasteiger partial charge in [-0.1, -0.05) is 20.4 Å². The summed E-state index contributed by atoms with van der Waals surface area (Å²) in [5.74, 6) is -0.319. The van der Waals surface area contributed by atoms with Crippen LogP contribution in [0.2, 0.25) is 0 Å². The SMILES string of the molecule is C=C(COC(C)=O)[C@@]12O[C@@H]1[C@@]1(C)C(=CC2=O)[C@H](O)CC[C@@H]1C. The maximum Gasteiger partial charge on any atom is 0.302 e. The molecule has 0 aromatic heterocycles. The smallest absolute Gasteiger partial charge is 0.302 e. The Morgan fingerprint density at radius 2 is 2.23 bits per heavy atom. The van der Waals surface area contributed by atoms with Crippen LogP contribution in [0.15, 0.2) is 23.8 Å². The second kappa shape index (κ2) is 4.77. The van der Waals surface area contributed by atoms with Crippen molar-refractivity contribution in [1.29, 1.82) is 0 Å². The van der Waals surface area contributed by atoms with Gasteiger partial charge in [0, 0.05) is 17.9 Å². The number of hydrogen-bond donors (Lipinski definition) is 1. The number of esters is 1. The van der Waals surface area contributed by atoms with Gasteiger partial charge in [0.1, 0.15) is 12.7 Å². The van der Waals surface area contributed by atoms with E-state index < -0.39 is 17.7 Å². The summed E-state index contributed by atoms with van der Waals surface area (Å²) in [6.07, 6.45) is 2.16. The average molecular weight is 306 g/mol. The summed E-state index contributed by atoms with van der Waals surface area (Å²) < 4.78 is 10.8. The second-order valence-electron chi connectivity index (χ2n) is 6.86. The molecule has 1 N–H and O–H groups in total. The standard InChI is InChI=1S/C17H22O5/c1-9-5-6-13(19)12-7-14(20)17(10(2)8-21-11(3)18)15(22-17)16(9,12)4/h7,9,13,15,19H,2,5-6,8H2,1,3-4H3/t9-,13+,15+,16+,17-/m0/s1. The summed E-state index contributed by atoms with van der Waals surface area (Å²) >= 11 is 0. The number of aliphatic hydroxyl groups excluding tert-OH is 1. The molecular formula is C17H22O5. The van der Waals surface area contributed by atoms with Crippen LogP contribution in [0.1, 0.15) is 33.6 Å². The lowest BCUT2D eigenvalue weighted by Gasteiger charge is -2.46. The molecule has 2 fully saturated rings. The summed E-state index contributed by atoms with van der Waals surface area (Å²) in [4.78, 5) is 23.6. The zero-order valence-corrected chi connectivity index (χ0v) is 13.2. The largest absolute Gasteiger partial charge is 0.461 e. The predicted octanol–water partition coefficient (Wildman–Crippen LogP) is 1.55. The van der Waals surface area contributed by atoms with Crippen LogP contribution in [0.3, 0.4) is 0 Å². The number of carbonyl (C=O) groups excluding carboxylic acids is 2. The number of fused-ring (bicyclic) bond motifs is 3. The molecule has 1 saturated carbocycles. The van der Waals surface area contributed by atoms with Gasteiger partial charge in [-0.2, -0.15) is 0 Å².